The second-order valence-corrected chi connectivity index (χ2v) is 20.7. The molecule has 2 aromatic carbocycles. The third kappa shape index (κ3) is 8.10. The number of nitrogens with zero attached hydrogens (tertiary/aromatic N) is 2. The molecule has 3 saturated carbocycles. The van der Waals surface area contributed by atoms with Crippen molar-refractivity contribution in [2.45, 2.75) is 144 Å². The van der Waals surface area contributed by atoms with Gasteiger partial charge in [-0.15, -0.1) is 0 Å². The van der Waals surface area contributed by atoms with Crippen molar-refractivity contribution in [1.29, 1.82) is 0 Å². The molecule has 0 radical (unpaired) electrons. The van der Waals surface area contributed by atoms with Crippen LogP contribution in [-0.4, -0.2) is 82.6 Å². The van der Waals surface area contributed by atoms with E-state index in [9.17, 15) is 27.2 Å². The smallest absolute Gasteiger partial charge is 0.315 e. The Balaban J connectivity index is 1.07. The molecule has 5 amide bonds. The normalized spacial score (nSPS) is 29.4. The highest BCUT2D eigenvalue weighted by Gasteiger charge is 2.64. The first kappa shape index (κ1) is 41.3. The minimum Gasteiger partial charge on any atom is -0.483 e. The summed E-state index contributed by atoms with van der Waals surface area (Å²) in [7, 11) is -4.02. The largest absolute Gasteiger partial charge is 0.483 e. The number of benzene rings is 2. The summed E-state index contributed by atoms with van der Waals surface area (Å²) in [6, 6.07) is 11.3. The number of allylic oxidation sites excluding steroid dienone is 1. The van der Waals surface area contributed by atoms with Crippen molar-refractivity contribution in [2.75, 3.05) is 6.54 Å². The summed E-state index contributed by atoms with van der Waals surface area (Å²) < 4.78 is 49.7. The van der Waals surface area contributed by atoms with Crippen molar-refractivity contribution in [3.05, 3.63) is 72.1 Å². The van der Waals surface area contributed by atoms with Crippen molar-refractivity contribution in [2.24, 2.45) is 5.92 Å². The SMILES string of the molecule is CC1(S(=O)(=O)NC(=O)[C@@]23C[C@@H]2/C=C\CCCCC[C@H](NC(=O)NC2CCCCC2)C(=O)N2C[C@@]4(CCc5c(c(-c6cccc(F)c6)nc6ccccc56)O4)C[C@H]2C(=O)N3)CC1. The molecule has 61 heavy (non-hydrogen) atoms. The van der Waals surface area contributed by atoms with Crippen LogP contribution >= 0.6 is 0 Å². The lowest BCUT2D eigenvalue weighted by atomic mass is 9.86. The summed E-state index contributed by atoms with van der Waals surface area (Å²) in [5, 5.41) is 9.92. The van der Waals surface area contributed by atoms with Gasteiger partial charge in [-0.1, -0.05) is 74.6 Å². The number of nitrogens with one attached hydrogen (secondary N) is 4. The molecule has 9 rings (SSSR count). The Hall–Kier alpha value is -5.05. The molecule has 5 atom stereocenters. The maximum Gasteiger partial charge on any atom is 0.315 e. The molecule has 1 saturated heterocycles. The summed E-state index contributed by atoms with van der Waals surface area (Å²) in [6.07, 6.45) is 14.1. The Kier molecular flexibility index (Phi) is 10.8. The molecule has 3 aliphatic heterocycles. The second-order valence-electron chi connectivity index (χ2n) is 18.5. The fourth-order valence-corrected chi connectivity index (χ4v) is 11.3. The van der Waals surface area contributed by atoms with Crippen LogP contribution in [0.2, 0.25) is 0 Å². The number of para-hydroxylation sites is 1. The number of hydrogen-bond donors (Lipinski definition) is 4. The number of amides is 5. The van der Waals surface area contributed by atoms with Gasteiger partial charge < -0.3 is 25.6 Å². The number of ether oxygens (including phenoxy) is 1. The van der Waals surface area contributed by atoms with Crippen LogP contribution < -0.4 is 25.4 Å². The number of fused-ring (bicyclic) bond motifs is 5. The summed E-state index contributed by atoms with van der Waals surface area (Å²) in [6.45, 7) is 1.60. The summed E-state index contributed by atoms with van der Waals surface area (Å²) in [5.41, 5.74) is -0.0576. The molecular weight excluding hydrogens is 800 g/mol. The molecular formula is C46H55FN6O7S. The highest BCUT2D eigenvalue weighted by atomic mass is 32.2. The fraction of sp³-hybridized carbons (Fsp3) is 0.543. The number of sulfonamides is 1. The fourth-order valence-electron chi connectivity index (χ4n) is 9.94. The predicted octanol–water partition coefficient (Wildman–Crippen LogP) is 6.10. The molecule has 324 valence electrons. The van der Waals surface area contributed by atoms with Crippen molar-refractivity contribution < 1.29 is 36.7 Å². The van der Waals surface area contributed by atoms with Gasteiger partial charge in [0.25, 0.3) is 5.91 Å². The summed E-state index contributed by atoms with van der Waals surface area (Å²) >= 11 is 0. The van der Waals surface area contributed by atoms with Crippen LogP contribution in [0.4, 0.5) is 9.18 Å². The molecule has 3 aromatic rings. The summed E-state index contributed by atoms with van der Waals surface area (Å²) in [4.78, 5) is 64.0. The zero-order valence-corrected chi connectivity index (χ0v) is 35.5. The zero-order valence-electron chi connectivity index (χ0n) is 34.6. The first-order valence-electron chi connectivity index (χ1n) is 22.1. The average Bonchev–Trinajstić information content (AvgIpc) is 4.14. The van der Waals surface area contributed by atoms with E-state index in [1.165, 1.54) is 17.0 Å². The van der Waals surface area contributed by atoms with Gasteiger partial charge in [0.1, 0.15) is 40.5 Å². The van der Waals surface area contributed by atoms with Gasteiger partial charge >= 0.3 is 6.03 Å². The van der Waals surface area contributed by atoms with Crippen LogP contribution in [0.3, 0.4) is 0 Å². The lowest BCUT2D eigenvalue weighted by Gasteiger charge is -2.37. The molecule has 13 nitrogen and oxygen atoms in total. The zero-order chi connectivity index (χ0) is 42.6. The molecule has 4 heterocycles. The molecule has 15 heteroatoms. The third-order valence-electron chi connectivity index (χ3n) is 14.1. The quantitative estimate of drug-likeness (QED) is 0.215. The molecule has 0 unspecified atom stereocenters. The Labute approximate surface area is 356 Å². The number of carbonyl (C=O) groups is 4. The van der Waals surface area contributed by atoms with Gasteiger partial charge in [-0.05, 0) is 89.3 Å². The third-order valence-corrected chi connectivity index (χ3v) is 16.2. The highest BCUT2D eigenvalue weighted by Crippen LogP contribution is 2.50. The van der Waals surface area contributed by atoms with Crippen LogP contribution in [-0.2, 0) is 30.8 Å². The Bertz CT molecular complexity index is 2400. The Morgan fingerprint density at radius 1 is 0.934 bits per heavy atom. The first-order valence-corrected chi connectivity index (χ1v) is 23.6. The van der Waals surface area contributed by atoms with E-state index < -0.39 is 73.5 Å². The Morgan fingerprint density at radius 3 is 2.49 bits per heavy atom. The maximum absolute atomic E-state index is 15.0. The molecule has 1 aromatic heterocycles. The monoisotopic (exact) mass is 854 g/mol. The molecule has 0 bridgehead atoms. The van der Waals surface area contributed by atoms with Crippen LogP contribution in [0.15, 0.2) is 60.7 Å². The minimum absolute atomic E-state index is 0.00351. The van der Waals surface area contributed by atoms with Crippen LogP contribution in [0, 0.1) is 11.7 Å². The molecule has 4 N–H and O–H groups in total. The van der Waals surface area contributed by atoms with E-state index in [0.29, 0.717) is 62.0 Å². The van der Waals surface area contributed by atoms with E-state index in [2.05, 4.69) is 20.7 Å². The van der Waals surface area contributed by atoms with Gasteiger partial charge in [-0.2, -0.15) is 0 Å². The van der Waals surface area contributed by atoms with E-state index in [1.54, 1.807) is 19.1 Å². The van der Waals surface area contributed by atoms with Crippen molar-refractivity contribution in [1.82, 2.24) is 30.6 Å². The number of aryl methyl sites for hydroxylation is 1. The van der Waals surface area contributed by atoms with Crippen LogP contribution in [0.25, 0.3) is 22.2 Å². The van der Waals surface area contributed by atoms with E-state index in [0.717, 1.165) is 61.4 Å². The van der Waals surface area contributed by atoms with Crippen LogP contribution in [0.5, 0.6) is 5.75 Å². The lowest BCUT2D eigenvalue weighted by molar-refractivity contribution is -0.141. The lowest BCUT2D eigenvalue weighted by Crippen LogP contribution is -2.59. The molecule has 1 spiro atoms. The van der Waals surface area contributed by atoms with Crippen LogP contribution in [0.1, 0.15) is 109 Å². The highest BCUT2D eigenvalue weighted by molar-refractivity contribution is 7.91. The number of urea groups is 1. The number of pyridine rings is 1. The minimum atomic E-state index is -4.02. The maximum atomic E-state index is 15.0. The molecule has 6 aliphatic rings. The first-order chi connectivity index (χ1) is 29.3. The standard InChI is InChI=1S/C46H55FN6O7S/c1-44(23-24-44)61(58,59)52-42(56)46-26-30(46)14-6-3-2-4-9-20-36(50-43(57)48-32-16-7-5-8-17-32)41(55)53-28-45(27-37(53)40(54)51-46)22-21-34-33-18-10-11-19-35(33)49-38(39(34)60-45)29-13-12-15-31(47)25-29/h6,10-15,18-19,25,30,32,36-37H,2-5,7-9,16-17,20-24,26-28H2,1H3,(H,51,54)(H,52,56)(H2,48,50,57)/b14-6-/t30-,36-,37-,45+,46+/m0/s1. The number of aromatic nitrogens is 1. The number of carbonyl (C=O) groups excluding carboxylic acids is 4. The second kappa shape index (κ2) is 16.0. The average molecular weight is 855 g/mol. The van der Waals surface area contributed by atoms with Gasteiger partial charge in [0.2, 0.25) is 21.8 Å². The number of hydrogen-bond acceptors (Lipinski definition) is 8. The molecule has 4 fully saturated rings. The van der Waals surface area contributed by atoms with Gasteiger partial charge in [-0.25, -0.2) is 22.6 Å². The van der Waals surface area contributed by atoms with Gasteiger partial charge in [0, 0.05) is 34.9 Å². The number of rotatable bonds is 6. The topological polar surface area (TPSA) is 176 Å². The van der Waals surface area contributed by atoms with E-state index >= 15 is 4.79 Å². The van der Waals surface area contributed by atoms with Gasteiger partial charge in [0.05, 0.1) is 16.8 Å². The number of halogens is 1. The van der Waals surface area contributed by atoms with E-state index in [1.807, 2.05) is 36.4 Å². The van der Waals surface area contributed by atoms with E-state index in [4.69, 9.17) is 9.72 Å². The van der Waals surface area contributed by atoms with Gasteiger partial charge in [-0.3, -0.25) is 19.1 Å². The van der Waals surface area contributed by atoms with Crippen molar-refractivity contribution >= 4 is 44.7 Å². The summed E-state index contributed by atoms with van der Waals surface area (Å²) in [5.74, 6) is -2.27. The predicted molar refractivity (Wildman–Crippen MR) is 227 cm³/mol. The molecule has 3 aliphatic carbocycles. The van der Waals surface area contributed by atoms with E-state index in [-0.39, 0.29) is 25.4 Å². The van der Waals surface area contributed by atoms with Crippen molar-refractivity contribution in [3.8, 4) is 17.0 Å². The van der Waals surface area contributed by atoms with Gasteiger partial charge in [0.15, 0.2) is 0 Å². The van der Waals surface area contributed by atoms with Crippen molar-refractivity contribution in [3.63, 3.8) is 0 Å². The Morgan fingerprint density at radius 2 is 1.70 bits per heavy atom.